The van der Waals surface area contributed by atoms with E-state index in [-0.39, 0.29) is 36.4 Å². The SMILES string of the molecule is CCC[C@@H](c1ccc(F)cc1C(F)(F)F)N1CCNCC1.Cl.Cl. The van der Waals surface area contributed by atoms with Gasteiger partial charge in [0.25, 0.3) is 0 Å². The third kappa shape index (κ3) is 5.78. The largest absolute Gasteiger partial charge is 0.416 e. The second kappa shape index (κ2) is 9.67. The fourth-order valence-electron chi connectivity index (χ4n) is 2.87. The zero-order valence-corrected chi connectivity index (χ0v) is 14.5. The number of nitrogens with zero attached hydrogens (tertiary/aromatic N) is 1. The van der Waals surface area contributed by atoms with Crippen molar-refractivity contribution in [2.75, 3.05) is 26.2 Å². The molecule has 23 heavy (non-hydrogen) atoms. The maximum Gasteiger partial charge on any atom is 0.416 e. The van der Waals surface area contributed by atoms with E-state index in [2.05, 4.69) is 10.2 Å². The molecule has 1 atom stereocenters. The predicted molar refractivity (Wildman–Crippen MR) is 88.0 cm³/mol. The van der Waals surface area contributed by atoms with Crippen LogP contribution < -0.4 is 5.32 Å². The van der Waals surface area contributed by atoms with Crippen LogP contribution in [0.4, 0.5) is 17.6 Å². The van der Waals surface area contributed by atoms with Gasteiger partial charge in [-0.15, -0.1) is 24.8 Å². The number of halogens is 6. The Morgan fingerprint density at radius 2 is 1.78 bits per heavy atom. The van der Waals surface area contributed by atoms with Crippen molar-refractivity contribution < 1.29 is 17.6 Å². The molecule has 0 saturated carbocycles. The van der Waals surface area contributed by atoms with E-state index < -0.39 is 17.6 Å². The Morgan fingerprint density at radius 3 is 2.30 bits per heavy atom. The summed E-state index contributed by atoms with van der Waals surface area (Å²) in [6.07, 6.45) is -3.12. The Kier molecular flexibility index (Phi) is 9.43. The van der Waals surface area contributed by atoms with Gasteiger partial charge in [0, 0.05) is 32.2 Å². The maximum atomic E-state index is 13.2. The average Bonchev–Trinajstić information content (AvgIpc) is 2.45. The van der Waals surface area contributed by atoms with Crippen LogP contribution in [0, 0.1) is 5.82 Å². The quantitative estimate of drug-likeness (QED) is 0.781. The molecular formula is C15H22Cl2F4N2. The Hall–Kier alpha value is -0.560. The molecule has 0 aliphatic carbocycles. The minimum absolute atomic E-state index is 0. The molecule has 1 saturated heterocycles. The van der Waals surface area contributed by atoms with Crippen molar-refractivity contribution in [3.05, 3.63) is 35.1 Å². The van der Waals surface area contributed by atoms with Crippen molar-refractivity contribution in [3.8, 4) is 0 Å². The molecule has 1 aliphatic rings. The van der Waals surface area contributed by atoms with Gasteiger partial charge in [-0.25, -0.2) is 4.39 Å². The first-order valence-corrected chi connectivity index (χ1v) is 7.25. The molecule has 0 aromatic heterocycles. The van der Waals surface area contributed by atoms with Crippen LogP contribution in [0.3, 0.4) is 0 Å². The fourth-order valence-corrected chi connectivity index (χ4v) is 2.87. The molecule has 1 aliphatic heterocycles. The molecule has 1 N–H and O–H groups in total. The predicted octanol–water partition coefficient (Wildman–Crippen LogP) is 4.43. The summed E-state index contributed by atoms with van der Waals surface area (Å²) in [7, 11) is 0. The van der Waals surface area contributed by atoms with Gasteiger partial charge in [-0.3, -0.25) is 4.90 Å². The molecule has 0 spiro atoms. The second-order valence-corrected chi connectivity index (χ2v) is 5.32. The number of benzene rings is 1. The Balaban J connectivity index is 0.00000242. The van der Waals surface area contributed by atoms with Crippen molar-refractivity contribution in [1.29, 1.82) is 0 Å². The van der Waals surface area contributed by atoms with Gasteiger partial charge in [0.1, 0.15) is 5.82 Å². The minimum atomic E-state index is -4.53. The van der Waals surface area contributed by atoms with Gasteiger partial charge in [0.2, 0.25) is 0 Å². The number of rotatable bonds is 4. The van der Waals surface area contributed by atoms with Gasteiger partial charge < -0.3 is 5.32 Å². The van der Waals surface area contributed by atoms with Crippen molar-refractivity contribution in [2.45, 2.75) is 32.0 Å². The van der Waals surface area contributed by atoms with Crippen LogP contribution in [-0.2, 0) is 6.18 Å². The Morgan fingerprint density at radius 1 is 1.17 bits per heavy atom. The maximum absolute atomic E-state index is 13.2. The summed E-state index contributed by atoms with van der Waals surface area (Å²) in [5.41, 5.74) is -0.660. The molecule has 0 amide bonds. The van der Waals surface area contributed by atoms with E-state index in [0.717, 1.165) is 25.6 Å². The Bertz CT molecular complexity index is 477. The molecule has 0 bridgehead atoms. The molecule has 2 nitrogen and oxygen atoms in total. The van der Waals surface area contributed by atoms with Gasteiger partial charge in [-0.1, -0.05) is 19.4 Å². The van der Waals surface area contributed by atoms with Crippen LogP contribution in [0.25, 0.3) is 0 Å². The van der Waals surface area contributed by atoms with E-state index in [0.29, 0.717) is 25.6 Å². The van der Waals surface area contributed by atoms with Crippen molar-refractivity contribution in [1.82, 2.24) is 10.2 Å². The lowest BCUT2D eigenvalue weighted by molar-refractivity contribution is -0.139. The molecular weight excluding hydrogens is 355 g/mol. The number of alkyl halides is 3. The summed E-state index contributed by atoms with van der Waals surface area (Å²) in [5, 5.41) is 3.19. The summed E-state index contributed by atoms with van der Waals surface area (Å²) in [6.45, 7) is 4.90. The summed E-state index contributed by atoms with van der Waals surface area (Å²) in [5.74, 6) is -0.846. The van der Waals surface area contributed by atoms with E-state index in [1.807, 2.05) is 6.92 Å². The molecule has 2 rings (SSSR count). The number of piperazine rings is 1. The number of hydrogen-bond donors (Lipinski definition) is 1. The first kappa shape index (κ1) is 22.4. The summed E-state index contributed by atoms with van der Waals surface area (Å²) >= 11 is 0. The van der Waals surface area contributed by atoms with E-state index in [1.54, 1.807) is 0 Å². The minimum Gasteiger partial charge on any atom is -0.314 e. The molecule has 1 heterocycles. The van der Waals surface area contributed by atoms with Crippen molar-refractivity contribution in [2.24, 2.45) is 0 Å². The van der Waals surface area contributed by atoms with Crippen molar-refractivity contribution in [3.63, 3.8) is 0 Å². The molecule has 1 aromatic rings. The molecule has 0 unspecified atom stereocenters. The fraction of sp³-hybridized carbons (Fsp3) is 0.600. The molecule has 8 heteroatoms. The summed E-state index contributed by atoms with van der Waals surface area (Å²) < 4.78 is 52.8. The highest BCUT2D eigenvalue weighted by Gasteiger charge is 2.37. The van der Waals surface area contributed by atoms with Crippen LogP contribution in [0.1, 0.15) is 36.9 Å². The van der Waals surface area contributed by atoms with Crippen molar-refractivity contribution >= 4 is 24.8 Å². The molecule has 1 fully saturated rings. The van der Waals surface area contributed by atoms with Gasteiger partial charge in [-0.05, 0) is 24.1 Å². The Labute approximate surface area is 146 Å². The lowest BCUT2D eigenvalue weighted by Gasteiger charge is -2.36. The highest BCUT2D eigenvalue weighted by Crippen LogP contribution is 2.38. The standard InChI is InChI=1S/C15H20F4N2.2ClH/c1-2-3-14(21-8-6-20-7-9-21)12-5-4-11(16)10-13(12)15(17,18)19;;/h4-5,10,14,20H,2-3,6-9H2,1H3;2*1H/t14-;;/m0../s1. The molecule has 1 aromatic carbocycles. The zero-order chi connectivity index (χ0) is 15.5. The van der Waals surface area contributed by atoms with E-state index in [9.17, 15) is 17.6 Å². The summed E-state index contributed by atoms with van der Waals surface area (Å²) in [4.78, 5) is 2.06. The third-order valence-electron chi connectivity index (χ3n) is 3.83. The average molecular weight is 377 g/mol. The number of nitrogens with one attached hydrogen (secondary N) is 1. The smallest absolute Gasteiger partial charge is 0.314 e. The molecule has 134 valence electrons. The zero-order valence-electron chi connectivity index (χ0n) is 12.8. The second-order valence-electron chi connectivity index (χ2n) is 5.32. The highest BCUT2D eigenvalue weighted by molar-refractivity contribution is 5.85. The monoisotopic (exact) mass is 376 g/mol. The van der Waals surface area contributed by atoms with Gasteiger partial charge in [0.15, 0.2) is 0 Å². The normalized spacial score (nSPS) is 17.1. The lowest BCUT2D eigenvalue weighted by atomic mass is 9.94. The third-order valence-corrected chi connectivity index (χ3v) is 3.83. The van der Waals surface area contributed by atoms with E-state index >= 15 is 0 Å². The molecule has 0 radical (unpaired) electrons. The van der Waals surface area contributed by atoms with Crippen LogP contribution in [0.5, 0.6) is 0 Å². The summed E-state index contributed by atoms with van der Waals surface area (Å²) in [6, 6.07) is 2.71. The lowest BCUT2D eigenvalue weighted by Crippen LogP contribution is -2.45. The van der Waals surface area contributed by atoms with Gasteiger partial charge >= 0.3 is 6.18 Å². The van der Waals surface area contributed by atoms with Crippen LogP contribution in [0.15, 0.2) is 18.2 Å². The van der Waals surface area contributed by atoms with Gasteiger partial charge in [0.05, 0.1) is 5.56 Å². The van der Waals surface area contributed by atoms with Crippen LogP contribution in [-0.4, -0.2) is 31.1 Å². The number of hydrogen-bond acceptors (Lipinski definition) is 2. The highest BCUT2D eigenvalue weighted by atomic mass is 35.5. The van der Waals surface area contributed by atoms with E-state index in [1.165, 1.54) is 6.07 Å². The van der Waals surface area contributed by atoms with E-state index in [4.69, 9.17) is 0 Å². The topological polar surface area (TPSA) is 15.3 Å². The van der Waals surface area contributed by atoms with Crippen LogP contribution >= 0.6 is 24.8 Å². The van der Waals surface area contributed by atoms with Crippen LogP contribution in [0.2, 0.25) is 0 Å². The first-order valence-electron chi connectivity index (χ1n) is 7.25. The van der Waals surface area contributed by atoms with Gasteiger partial charge in [-0.2, -0.15) is 13.2 Å². The first-order chi connectivity index (χ1) is 9.93.